The monoisotopic (exact) mass is 436 g/mol. The highest BCUT2D eigenvalue weighted by molar-refractivity contribution is 5.98. The van der Waals surface area contributed by atoms with Crippen molar-refractivity contribution in [3.8, 4) is 22.6 Å². The van der Waals surface area contributed by atoms with Gasteiger partial charge in [0.1, 0.15) is 29.7 Å². The van der Waals surface area contributed by atoms with Crippen molar-refractivity contribution < 1.29 is 9.47 Å². The van der Waals surface area contributed by atoms with Crippen LogP contribution in [-0.4, -0.2) is 27.7 Å². The van der Waals surface area contributed by atoms with Gasteiger partial charge in [-0.1, -0.05) is 60.7 Å². The van der Waals surface area contributed by atoms with Gasteiger partial charge >= 0.3 is 0 Å². The highest BCUT2D eigenvalue weighted by Crippen LogP contribution is 2.34. The Hall–Kier alpha value is -4.16. The van der Waals surface area contributed by atoms with Crippen LogP contribution in [0.15, 0.2) is 97.5 Å². The Morgan fingerprint density at radius 2 is 1.52 bits per heavy atom. The van der Waals surface area contributed by atoms with Gasteiger partial charge in [-0.05, 0) is 35.4 Å². The maximum Gasteiger partial charge on any atom is 0.151 e. The Balaban J connectivity index is 1.30. The maximum atomic E-state index is 6.22. The number of benzene rings is 3. The first-order valence-electron chi connectivity index (χ1n) is 10.8. The first-order chi connectivity index (χ1) is 16.3. The second-order valence-corrected chi connectivity index (χ2v) is 7.62. The molecule has 3 aromatic carbocycles. The van der Waals surface area contributed by atoms with Crippen molar-refractivity contribution in [2.45, 2.75) is 6.61 Å². The minimum Gasteiger partial charge on any atom is -0.491 e. The lowest BCUT2D eigenvalue weighted by molar-refractivity contribution is 0.0889. The molecule has 0 unspecified atom stereocenters. The van der Waals surface area contributed by atoms with Gasteiger partial charge in [-0.2, -0.15) is 0 Å². The Bertz CT molecular complexity index is 1330. The molecule has 5 aromatic rings. The SMILES string of the molecule is Nc1ncnc2c(-c3ccc(OCCOCc4ccccc4)cc3)cn(-c3ccccc3)c12. The van der Waals surface area contributed by atoms with E-state index in [9.17, 15) is 0 Å². The van der Waals surface area contributed by atoms with Crippen LogP contribution in [0.1, 0.15) is 5.56 Å². The van der Waals surface area contributed by atoms with Crippen LogP contribution in [0, 0.1) is 0 Å². The van der Waals surface area contributed by atoms with Gasteiger partial charge in [0.15, 0.2) is 5.82 Å². The van der Waals surface area contributed by atoms with Crippen molar-refractivity contribution >= 4 is 16.9 Å². The summed E-state index contributed by atoms with van der Waals surface area (Å²) in [5, 5.41) is 0. The molecule has 0 spiro atoms. The topological polar surface area (TPSA) is 75.2 Å². The van der Waals surface area contributed by atoms with E-state index < -0.39 is 0 Å². The molecule has 0 aliphatic carbocycles. The summed E-state index contributed by atoms with van der Waals surface area (Å²) < 4.78 is 13.6. The predicted molar refractivity (Wildman–Crippen MR) is 130 cm³/mol. The highest BCUT2D eigenvalue weighted by atomic mass is 16.5. The molecule has 0 amide bonds. The number of fused-ring (bicyclic) bond motifs is 1. The van der Waals surface area contributed by atoms with E-state index in [4.69, 9.17) is 15.2 Å². The molecular formula is C27H24N4O2. The second kappa shape index (κ2) is 9.54. The second-order valence-electron chi connectivity index (χ2n) is 7.62. The van der Waals surface area contributed by atoms with Crippen LogP contribution in [0.4, 0.5) is 5.82 Å². The number of ether oxygens (including phenoxy) is 2. The minimum absolute atomic E-state index is 0.450. The van der Waals surface area contributed by atoms with Gasteiger partial charge in [0.25, 0.3) is 0 Å². The number of nitrogens with zero attached hydrogens (tertiary/aromatic N) is 3. The third kappa shape index (κ3) is 4.56. The number of nitrogen functional groups attached to an aromatic ring is 1. The molecular weight excluding hydrogens is 412 g/mol. The normalized spacial score (nSPS) is 11.0. The third-order valence-electron chi connectivity index (χ3n) is 5.41. The highest BCUT2D eigenvalue weighted by Gasteiger charge is 2.16. The lowest BCUT2D eigenvalue weighted by Gasteiger charge is -2.08. The molecule has 0 aliphatic rings. The fourth-order valence-electron chi connectivity index (χ4n) is 3.80. The molecule has 0 radical (unpaired) electrons. The van der Waals surface area contributed by atoms with Crippen molar-refractivity contribution in [3.63, 3.8) is 0 Å². The average Bonchev–Trinajstić information content (AvgIpc) is 3.26. The summed E-state index contributed by atoms with van der Waals surface area (Å²) in [7, 11) is 0. The molecule has 0 aliphatic heterocycles. The van der Waals surface area contributed by atoms with Crippen molar-refractivity contribution in [1.29, 1.82) is 0 Å². The molecule has 6 nitrogen and oxygen atoms in total. The fraction of sp³-hybridized carbons (Fsp3) is 0.111. The maximum absolute atomic E-state index is 6.22. The summed E-state index contributed by atoms with van der Waals surface area (Å²) in [6.45, 7) is 1.60. The average molecular weight is 437 g/mol. The molecule has 0 saturated carbocycles. The van der Waals surface area contributed by atoms with Crippen molar-refractivity contribution in [2.24, 2.45) is 0 Å². The molecule has 164 valence electrons. The lowest BCUT2D eigenvalue weighted by Crippen LogP contribution is -2.06. The number of rotatable bonds is 8. The van der Waals surface area contributed by atoms with E-state index in [1.807, 2.05) is 89.5 Å². The number of hydrogen-bond donors (Lipinski definition) is 1. The van der Waals surface area contributed by atoms with E-state index in [0.29, 0.717) is 25.6 Å². The van der Waals surface area contributed by atoms with Gasteiger partial charge in [0, 0.05) is 17.4 Å². The molecule has 33 heavy (non-hydrogen) atoms. The molecule has 0 atom stereocenters. The third-order valence-corrected chi connectivity index (χ3v) is 5.41. The van der Waals surface area contributed by atoms with Crippen LogP contribution in [0.5, 0.6) is 5.75 Å². The summed E-state index contributed by atoms with van der Waals surface area (Å²) in [5.41, 5.74) is 12.0. The van der Waals surface area contributed by atoms with Crippen LogP contribution in [-0.2, 0) is 11.3 Å². The van der Waals surface area contributed by atoms with E-state index >= 15 is 0 Å². The number of nitrogens with two attached hydrogens (primary N) is 1. The summed E-state index contributed by atoms with van der Waals surface area (Å²) in [5.74, 6) is 1.24. The van der Waals surface area contributed by atoms with Gasteiger partial charge in [-0.3, -0.25) is 0 Å². The Kier molecular flexibility index (Phi) is 5.99. The van der Waals surface area contributed by atoms with E-state index in [0.717, 1.165) is 39.2 Å². The van der Waals surface area contributed by atoms with Crippen LogP contribution in [0.2, 0.25) is 0 Å². The Morgan fingerprint density at radius 1 is 0.788 bits per heavy atom. The molecule has 0 bridgehead atoms. The molecule has 2 N–H and O–H groups in total. The number of anilines is 1. The summed E-state index contributed by atoms with van der Waals surface area (Å²) in [6, 6.07) is 28.1. The van der Waals surface area contributed by atoms with Crippen LogP contribution < -0.4 is 10.5 Å². The first kappa shape index (κ1) is 20.7. The molecule has 5 rings (SSSR count). The number of hydrogen-bond acceptors (Lipinski definition) is 5. The molecule has 6 heteroatoms. The van der Waals surface area contributed by atoms with Crippen LogP contribution in [0.3, 0.4) is 0 Å². The van der Waals surface area contributed by atoms with E-state index in [1.54, 1.807) is 0 Å². The number of aromatic nitrogens is 3. The standard InChI is InChI=1S/C27H24N4O2/c28-27-26-25(29-19-30-27)24(17-31(26)22-9-5-2-6-10-22)21-11-13-23(14-12-21)33-16-15-32-18-20-7-3-1-4-8-20/h1-14,17,19H,15-16,18H2,(H2,28,29,30). The van der Waals surface area contributed by atoms with Gasteiger partial charge in [-0.25, -0.2) is 9.97 Å². The largest absolute Gasteiger partial charge is 0.491 e. The zero-order valence-corrected chi connectivity index (χ0v) is 18.1. The van der Waals surface area contributed by atoms with E-state index in [1.165, 1.54) is 6.33 Å². The van der Waals surface area contributed by atoms with Crippen molar-refractivity contribution in [3.05, 3.63) is 103 Å². The smallest absolute Gasteiger partial charge is 0.151 e. The van der Waals surface area contributed by atoms with Gasteiger partial charge in [0.2, 0.25) is 0 Å². The zero-order valence-electron chi connectivity index (χ0n) is 18.1. The first-order valence-corrected chi connectivity index (χ1v) is 10.8. The fourth-order valence-corrected chi connectivity index (χ4v) is 3.80. The van der Waals surface area contributed by atoms with E-state index in [-0.39, 0.29) is 0 Å². The molecule has 0 saturated heterocycles. The van der Waals surface area contributed by atoms with Crippen LogP contribution in [0.25, 0.3) is 27.8 Å². The van der Waals surface area contributed by atoms with Gasteiger partial charge in [0.05, 0.1) is 13.2 Å². The Morgan fingerprint density at radius 3 is 2.27 bits per heavy atom. The van der Waals surface area contributed by atoms with Crippen molar-refractivity contribution in [1.82, 2.24) is 14.5 Å². The summed E-state index contributed by atoms with van der Waals surface area (Å²) >= 11 is 0. The lowest BCUT2D eigenvalue weighted by atomic mass is 10.1. The summed E-state index contributed by atoms with van der Waals surface area (Å²) in [4.78, 5) is 8.72. The zero-order chi connectivity index (χ0) is 22.5. The minimum atomic E-state index is 0.450. The molecule has 2 heterocycles. The predicted octanol–water partition coefficient (Wildman–Crippen LogP) is 5.27. The van der Waals surface area contributed by atoms with Gasteiger partial charge < -0.3 is 19.8 Å². The van der Waals surface area contributed by atoms with Crippen LogP contribution >= 0.6 is 0 Å². The molecule has 2 aromatic heterocycles. The summed E-state index contributed by atoms with van der Waals surface area (Å²) in [6.07, 6.45) is 3.56. The van der Waals surface area contributed by atoms with Gasteiger partial charge in [-0.15, -0.1) is 0 Å². The number of para-hydroxylation sites is 1. The Labute approximate surface area is 192 Å². The quantitative estimate of drug-likeness (QED) is 0.336. The molecule has 0 fully saturated rings. The van der Waals surface area contributed by atoms with E-state index in [2.05, 4.69) is 16.2 Å². The van der Waals surface area contributed by atoms with Crippen molar-refractivity contribution in [2.75, 3.05) is 18.9 Å².